The lowest BCUT2D eigenvalue weighted by atomic mass is 9.97. The van der Waals surface area contributed by atoms with Crippen molar-refractivity contribution in [3.8, 4) is 0 Å². The second-order valence-corrected chi connectivity index (χ2v) is 6.93. The number of hydrogen-bond donors (Lipinski definition) is 0. The van der Waals surface area contributed by atoms with Crippen molar-refractivity contribution in [3.63, 3.8) is 0 Å². The highest BCUT2D eigenvalue weighted by Crippen LogP contribution is 2.19. The number of carbonyl (C=O) groups is 1. The minimum atomic E-state index is 0.135. The molecule has 6 nitrogen and oxygen atoms in total. The van der Waals surface area contributed by atoms with E-state index in [0.29, 0.717) is 10.9 Å². The quantitative estimate of drug-likeness (QED) is 0.831. The van der Waals surface area contributed by atoms with Gasteiger partial charge in [-0.15, -0.1) is 0 Å². The van der Waals surface area contributed by atoms with Crippen LogP contribution in [-0.4, -0.2) is 71.4 Å². The lowest BCUT2D eigenvalue weighted by Gasteiger charge is -2.36. The molecule has 128 valence electrons. The van der Waals surface area contributed by atoms with Crippen LogP contribution in [0.25, 0.3) is 0 Å². The molecule has 2 saturated heterocycles. The Bertz CT molecular complexity index is 523. The summed E-state index contributed by atoms with van der Waals surface area (Å²) in [4.78, 5) is 17.0. The highest BCUT2D eigenvalue weighted by atomic mass is 35.5. The fraction of sp³-hybridized carbons (Fsp3) is 0.750. The van der Waals surface area contributed by atoms with Gasteiger partial charge in [0.05, 0.1) is 23.9 Å². The summed E-state index contributed by atoms with van der Waals surface area (Å²) in [6.07, 6.45) is 4.01. The molecule has 0 spiro atoms. The van der Waals surface area contributed by atoms with E-state index in [1.165, 1.54) is 6.42 Å². The third-order valence-corrected chi connectivity index (χ3v) is 5.05. The van der Waals surface area contributed by atoms with E-state index >= 15 is 0 Å². The molecule has 0 aliphatic carbocycles. The average Bonchev–Trinajstić information content (AvgIpc) is 2.86. The Hall–Kier alpha value is -1.11. The molecule has 3 heterocycles. The Morgan fingerprint density at radius 1 is 1.39 bits per heavy atom. The zero-order chi connectivity index (χ0) is 16.2. The number of halogens is 1. The van der Waals surface area contributed by atoms with Crippen LogP contribution in [0.1, 0.15) is 18.5 Å². The maximum absolute atomic E-state index is 12.5. The van der Waals surface area contributed by atoms with Gasteiger partial charge in [-0.1, -0.05) is 11.6 Å². The van der Waals surface area contributed by atoms with Gasteiger partial charge in [-0.2, -0.15) is 5.10 Å². The monoisotopic (exact) mass is 340 g/mol. The first-order chi connectivity index (χ1) is 11.1. The van der Waals surface area contributed by atoms with Crippen LogP contribution < -0.4 is 0 Å². The summed E-state index contributed by atoms with van der Waals surface area (Å²) >= 11 is 6.01. The Labute approximate surface area is 142 Å². The average molecular weight is 341 g/mol. The van der Waals surface area contributed by atoms with Crippen molar-refractivity contribution in [3.05, 3.63) is 16.9 Å². The van der Waals surface area contributed by atoms with Crippen LogP contribution in [0.5, 0.6) is 0 Å². The van der Waals surface area contributed by atoms with Crippen LogP contribution in [-0.2, 0) is 16.1 Å². The third kappa shape index (κ3) is 4.46. The van der Waals surface area contributed by atoms with Crippen molar-refractivity contribution in [2.75, 3.05) is 45.9 Å². The predicted octanol–water partition coefficient (Wildman–Crippen LogP) is 1.42. The fourth-order valence-corrected chi connectivity index (χ4v) is 3.55. The highest BCUT2D eigenvalue weighted by molar-refractivity contribution is 6.31. The van der Waals surface area contributed by atoms with Gasteiger partial charge < -0.3 is 9.64 Å². The summed E-state index contributed by atoms with van der Waals surface area (Å²) in [5.74, 6) is 0.699. The lowest BCUT2D eigenvalue weighted by molar-refractivity contribution is -0.134. The van der Waals surface area contributed by atoms with Crippen LogP contribution in [0.2, 0.25) is 5.02 Å². The molecule has 0 N–H and O–H groups in total. The molecule has 0 aromatic carbocycles. The molecule has 0 saturated carbocycles. The number of hydrogen-bond acceptors (Lipinski definition) is 4. The first-order valence-corrected chi connectivity index (χ1v) is 8.77. The molecule has 1 aromatic rings. The summed E-state index contributed by atoms with van der Waals surface area (Å²) in [5, 5.41) is 4.89. The second-order valence-electron chi connectivity index (χ2n) is 6.52. The van der Waals surface area contributed by atoms with E-state index in [1.54, 1.807) is 10.9 Å². The second kappa shape index (κ2) is 7.64. The number of amides is 1. The van der Waals surface area contributed by atoms with E-state index < -0.39 is 0 Å². The first-order valence-electron chi connectivity index (χ1n) is 8.39. The summed E-state index contributed by atoms with van der Waals surface area (Å²) in [5.41, 5.74) is 0.767. The number of aromatic nitrogens is 2. The van der Waals surface area contributed by atoms with E-state index in [4.69, 9.17) is 16.3 Å². The van der Waals surface area contributed by atoms with Gasteiger partial charge in [0, 0.05) is 38.9 Å². The minimum absolute atomic E-state index is 0.135. The van der Waals surface area contributed by atoms with Crippen molar-refractivity contribution in [1.82, 2.24) is 19.6 Å². The Morgan fingerprint density at radius 2 is 2.17 bits per heavy atom. The van der Waals surface area contributed by atoms with Gasteiger partial charge in [0.15, 0.2) is 0 Å². The van der Waals surface area contributed by atoms with E-state index in [2.05, 4.69) is 10.00 Å². The molecule has 0 unspecified atom stereocenters. The molecular weight excluding hydrogens is 316 g/mol. The number of ether oxygens (including phenoxy) is 1. The zero-order valence-electron chi connectivity index (χ0n) is 13.7. The molecule has 2 aliphatic rings. The molecule has 1 atom stereocenters. The van der Waals surface area contributed by atoms with E-state index in [-0.39, 0.29) is 12.5 Å². The normalized spacial score (nSPS) is 23.2. The van der Waals surface area contributed by atoms with Gasteiger partial charge in [-0.25, -0.2) is 0 Å². The van der Waals surface area contributed by atoms with Gasteiger partial charge >= 0.3 is 0 Å². The van der Waals surface area contributed by atoms with Gasteiger partial charge in [-0.05, 0) is 25.7 Å². The topological polar surface area (TPSA) is 50.6 Å². The first kappa shape index (κ1) is 16.7. The number of rotatable bonds is 4. The minimum Gasteiger partial charge on any atom is -0.379 e. The molecular formula is C16H25ClN4O2. The molecule has 23 heavy (non-hydrogen) atoms. The number of piperidine rings is 1. The van der Waals surface area contributed by atoms with Crippen LogP contribution in [0, 0.1) is 12.8 Å². The maximum Gasteiger partial charge on any atom is 0.244 e. The molecule has 0 bridgehead atoms. The molecule has 1 aromatic heterocycles. The third-order valence-electron chi connectivity index (χ3n) is 4.68. The highest BCUT2D eigenvalue weighted by Gasteiger charge is 2.26. The van der Waals surface area contributed by atoms with Crippen molar-refractivity contribution in [2.24, 2.45) is 5.92 Å². The number of nitrogens with zero attached hydrogens (tertiary/aromatic N) is 4. The molecule has 1 amide bonds. The molecule has 2 aliphatic heterocycles. The standard InChI is InChI=1S/C16H25ClN4O2/c1-13-15(17)11-21(18-13)12-16(22)20-4-2-3-14(10-20)9-19-5-7-23-8-6-19/h11,14H,2-10,12H2,1H3/t14-/m1/s1. The van der Waals surface area contributed by atoms with Crippen molar-refractivity contribution in [2.45, 2.75) is 26.3 Å². The SMILES string of the molecule is Cc1nn(CC(=O)N2CCC[C@H](CN3CCOCC3)C2)cc1Cl. The number of morpholine rings is 1. The Balaban J connectivity index is 1.51. The van der Waals surface area contributed by atoms with Crippen molar-refractivity contribution in [1.29, 1.82) is 0 Å². The molecule has 7 heteroatoms. The largest absolute Gasteiger partial charge is 0.379 e. The van der Waals surface area contributed by atoms with Crippen molar-refractivity contribution < 1.29 is 9.53 Å². The molecule has 3 rings (SSSR count). The van der Waals surface area contributed by atoms with Gasteiger partial charge in [0.2, 0.25) is 5.91 Å². The van der Waals surface area contributed by atoms with Gasteiger partial charge in [0.1, 0.15) is 6.54 Å². The lowest BCUT2D eigenvalue weighted by Crippen LogP contribution is -2.46. The number of aryl methyl sites for hydroxylation is 1. The summed E-state index contributed by atoms with van der Waals surface area (Å²) < 4.78 is 7.04. The van der Waals surface area contributed by atoms with Gasteiger partial charge in [0.25, 0.3) is 0 Å². The predicted molar refractivity (Wildman–Crippen MR) is 88.5 cm³/mol. The summed E-state index contributed by atoms with van der Waals surface area (Å²) in [6.45, 7) is 8.57. The summed E-state index contributed by atoms with van der Waals surface area (Å²) in [6, 6.07) is 0. The smallest absolute Gasteiger partial charge is 0.244 e. The maximum atomic E-state index is 12.5. The molecule has 0 radical (unpaired) electrons. The van der Waals surface area contributed by atoms with E-state index in [1.807, 2.05) is 11.8 Å². The Kier molecular flexibility index (Phi) is 5.56. The molecule has 2 fully saturated rings. The van der Waals surface area contributed by atoms with Crippen LogP contribution in [0.3, 0.4) is 0 Å². The van der Waals surface area contributed by atoms with Crippen LogP contribution in [0.4, 0.5) is 0 Å². The zero-order valence-corrected chi connectivity index (χ0v) is 14.5. The van der Waals surface area contributed by atoms with E-state index in [0.717, 1.165) is 58.1 Å². The van der Waals surface area contributed by atoms with Crippen LogP contribution >= 0.6 is 11.6 Å². The van der Waals surface area contributed by atoms with E-state index in [9.17, 15) is 4.79 Å². The van der Waals surface area contributed by atoms with Crippen molar-refractivity contribution >= 4 is 17.5 Å². The van der Waals surface area contributed by atoms with Crippen LogP contribution in [0.15, 0.2) is 6.20 Å². The Morgan fingerprint density at radius 3 is 2.87 bits per heavy atom. The summed E-state index contributed by atoms with van der Waals surface area (Å²) in [7, 11) is 0. The van der Waals surface area contributed by atoms with Gasteiger partial charge in [-0.3, -0.25) is 14.4 Å². The number of likely N-dealkylation sites (tertiary alicyclic amines) is 1. The number of carbonyl (C=O) groups excluding carboxylic acids is 1. The fourth-order valence-electron chi connectivity index (χ4n) is 3.40.